The van der Waals surface area contributed by atoms with Gasteiger partial charge in [0.25, 0.3) is 0 Å². The molecular formula is C27H33N3O8. The van der Waals surface area contributed by atoms with Crippen LogP contribution in [0.2, 0.25) is 0 Å². The van der Waals surface area contributed by atoms with Gasteiger partial charge in [-0.1, -0.05) is 20.8 Å². The third-order valence-electron chi connectivity index (χ3n) is 8.03. The summed E-state index contributed by atoms with van der Waals surface area (Å²) in [5, 5.41) is 27.3. The number of nitrogens with one attached hydrogen (secondary N) is 2. The van der Waals surface area contributed by atoms with E-state index in [4.69, 9.17) is 0 Å². The van der Waals surface area contributed by atoms with Crippen LogP contribution in [-0.4, -0.2) is 82.8 Å². The van der Waals surface area contributed by atoms with Crippen LogP contribution in [0.4, 0.5) is 5.69 Å². The number of ketones is 4. The van der Waals surface area contributed by atoms with Crippen molar-refractivity contribution in [2.75, 3.05) is 26.5 Å². The lowest BCUT2D eigenvalue weighted by Gasteiger charge is -2.52. The Balaban J connectivity index is 1.79. The van der Waals surface area contributed by atoms with Crippen LogP contribution in [0.25, 0.3) is 0 Å². The predicted molar refractivity (Wildman–Crippen MR) is 134 cm³/mol. The Morgan fingerprint density at radius 3 is 2.26 bits per heavy atom. The Morgan fingerprint density at radius 2 is 1.71 bits per heavy atom. The zero-order valence-corrected chi connectivity index (χ0v) is 22.2. The average Bonchev–Trinajstić information content (AvgIpc) is 2.80. The first-order chi connectivity index (χ1) is 17.5. The minimum Gasteiger partial charge on any atom is -0.507 e. The quantitative estimate of drug-likeness (QED) is 0.399. The maximum absolute atomic E-state index is 13.8. The van der Waals surface area contributed by atoms with Crippen LogP contribution in [0.5, 0.6) is 5.75 Å². The molecule has 3 aliphatic carbocycles. The maximum atomic E-state index is 13.8. The lowest BCUT2D eigenvalue weighted by atomic mass is 9.52. The second-order valence-electron chi connectivity index (χ2n) is 11.7. The Bertz CT molecular complexity index is 1280. The highest BCUT2D eigenvalue weighted by atomic mass is 16.3. The monoisotopic (exact) mass is 527 g/mol. The number of nitrogens with zero attached hydrogens (tertiary/aromatic N) is 1. The van der Waals surface area contributed by atoms with Gasteiger partial charge in [-0.3, -0.25) is 33.7 Å². The van der Waals surface area contributed by atoms with Crippen molar-refractivity contribution in [3.8, 4) is 5.75 Å². The summed E-state index contributed by atoms with van der Waals surface area (Å²) in [6.07, 6.45) is 0.121. The van der Waals surface area contributed by atoms with Gasteiger partial charge in [0.1, 0.15) is 5.75 Å². The Kier molecular flexibility index (Phi) is 6.60. The first-order valence-corrected chi connectivity index (χ1v) is 12.5. The lowest BCUT2D eigenvalue weighted by Crippen LogP contribution is -2.74. The third-order valence-corrected chi connectivity index (χ3v) is 8.03. The zero-order chi connectivity index (χ0) is 28.5. The fourth-order valence-electron chi connectivity index (χ4n) is 6.15. The Labute approximate surface area is 219 Å². The molecule has 0 heterocycles. The highest BCUT2D eigenvalue weighted by Gasteiger charge is 2.69. The molecule has 0 aromatic heterocycles. The molecule has 3 aliphatic rings. The molecule has 6 unspecified atom stereocenters. The van der Waals surface area contributed by atoms with Crippen molar-refractivity contribution in [3.63, 3.8) is 0 Å². The van der Waals surface area contributed by atoms with Gasteiger partial charge in [0.15, 0.2) is 34.7 Å². The van der Waals surface area contributed by atoms with Gasteiger partial charge in [-0.25, -0.2) is 0 Å². The highest BCUT2D eigenvalue weighted by Crippen LogP contribution is 2.51. The first-order valence-electron chi connectivity index (χ1n) is 12.5. The van der Waals surface area contributed by atoms with Crippen LogP contribution >= 0.6 is 0 Å². The van der Waals surface area contributed by atoms with Crippen molar-refractivity contribution in [1.82, 2.24) is 10.2 Å². The average molecular weight is 528 g/mol. The zero-order valence-electron chi connectivity index (χ0n) is 22.2. The van der Waals surface area contributed by atoms with Crippen molar-refractivity contribution in [2.24, 2.45) is 29.1 Å². The van der Waals surface area contributed by atoms with Gasteiger partial charge >= 0.3 is 0 Å². The first kappa shape index (κ1) is 27.6. The smallest absolute Gasteiger partial charge is 0.238 e. The number of likely N-dealkylation sites (N-methyl/N-ethyl adjacent to an activating group) is 1. The number of phenolic OH excluding ortho intramolecular Hbond substituents is 1. The van der Waals surface area contributed by atoms with E-state index in [1.165, 1.54) is 18.0 Å². The number of rotatable bonds is 3. The van der Waals surface area contributed by atoms with Crippen molar-refractivity contribution < 1.29 is 39.0 Å². The molecule has 2 amide bonds. The van der Waals surface area contributed by atoms with Crippen LogP contribution in [-0.2, 0) is 30.4 Å². The topological polar surface area (TPSA) is 170 Å². The molecule has 4 N–H and O–H groups in total. The second-order valence-corrected chi connectivity index (χ2v) is 11.7. The van der Waals surface area contributed by atoms with Gasteiger partial charge in [-0.05, 0) is 44.5 Å². The van der Waals surface area contributed by atoms with E-state index in [0.29, 0.717) is 5.56 Å². The van der Waals surface area contributed by atoms with Crippen molar-refractivity contribution in [2.45, 2.75) is 45.3 Å². The van der Waals surface area contributed by atoms with Crippen molar-refractivity contribution >= 4 is 40.6 Å². The summed E-state index contributed by atoms with van der Waals surface area (Å²) in [4.78, 5) is 80.6. The normalized spacial score (nSPS) is 30.9. The molecule has 11 heteroatoms. The molecule has 38 heavy (non-hydrogen) atoms. The number of carbonyl (C=O) groups excluding carboxylic acids is 6. The minimum atomic E-state index is -2.72. The fraction of sp³-hybridized carbons (Fsp3) is 0.556. The Morgan fingerprint density at radius 1 is 1.08 bits per heavy atom. The van der Waals surface area contributed by atoms with E-state index in [0.717, 1.165) is 0 Å². The number of aromatic hydroxyl groups is 1. The molecule has 6 atom stereocenters. The molecule has 204 valence electrons. The van der Waals surface area contributed by atoms with E-state index in [9.17, 15) is 39.0 Å². The molecule has 11 nitrogen and oxygen atoms in total. The van der Waals surface area contributed by atoms with Crippen molar-refractivity contribution in [3.05, 3.63) is 23.3 Å². The summed E-state index contributed by atoms with van der Waals surface area (Å²) in [5.74, 6) is -10.6. The summed E-state index contributed by atoms with van der Waals surface area (Å²) < 4.78 is 0. The number of carbonyl (C=O) groups is 6. The summed E-state index contributed by atoms with van der Waals surface area (Å²) in [6, 6.07) is 1.67. The highest BCUT2D eigenvalue weighted by molar-refractivity contribution is 6.32. The molecule has 0 saturated heterocycles. The minimum absolute atomic E-state index is 0.0157. The fourth-order valence-corrected chi connectivity index (χ4v) is 6.15. The van der Waals surface area contributed by atoms with Crippen LogP contribution in [0, 0.1) is 29.1 Å². The van der Waals surface area contributed by atoms with Gasteiger partial charge in [-0.15, -0.1) is 0 Å². The molecule has 1 aromatic carbocycles. The molecule has 0 aliphatic heterocycles. The number of amides is 2. The number of benzene rings is 1. The van der Waals surface area contributed by atoms with Gasteiger partial charge in [0.2, 0.25) is 11.8 Å². The summed E-state index contributed by atoms with van der Waals surface area (Å²) in [7, 11) is 4.35. The lowest BCUT2D eigenvalue weighted by molar-refractivity contribution is -0.181. The number of phenols is 1. The molecule has 1 aromatic rings. The van der Waals surface area contributed by atoms with Gasteiger partial charge in [0.05, 0.1) is 17.5 Å². The van der Waals surface area contributed by atoms with Crippen LogP contribution < -0.4 is 10.6 Å². The van der Waals surface area contributed by atoms with Crippen LogP contribution in [0.1, 0.15) is 43.1 Å². The van der Waals surface area contributed by atoms with E-state index < -0.39 is 75.5 Å². The Hall–Kier alpha value is -3.44. The van der Waals surface area contributed by atoms with E-state index in [1.807, 2.05) is 0 Å². The third kappa shape index (κ3) is 3.95. The molecule has 4 rings (SSSR count). The number of anilines is 1. The molecule has 2 fully saturated rings. The molecule has 2 saturated carbocycles. The van der Waals surface area contributed by atoms with Crippen LogP contribution in [0.3, 0.4) is 0 Å². The van der Waals surface area contributed by atoms with Crippen LogP contribution in [0.15, 0.2) is 12.1 Å². The number of Topliss-reactive ketones (excluding diaryl/α,β-unsaturated/α-hetero) is 4. The predicted octanol–water partition coefficient (Wildman–Crippen LogP) is 0.112. The molecule has 0 bridgehead atoms. The summed E-state index contributed by atoms with van der Waals surface area (Å²) in [6.45, 7) is 5.18. The number of hydrogen-bond acceptors (Lipinski definition) is 9. The molecular weight excluding hydrogens is 494 g/mol. The number of fused-ring (bicyclic) bond motifs is 3. The summed E-state index contributed by atoms with van der Waals surface area (Å²) in [5.41, 5.74) is -2.84. The van der Waals surface area contributed by atoms with Gasteiger partial charge < -0.3 is 20.8 Å². The number of aliphatic hydroxyl groups is 1. The SMILES string of the molecule is CNC(=O)C1C(=O)C(N(C)C)C2CC3Cc4cc(NC(=O)C(C)(C)C)cc(O)c4C(=O)C3C(=O)C2(O)C1=O. The standard InChI is InChI=1S/C27H33N3O8/c1-26(2,3)25(37)29-13-8-11-7-12-9-14-19(30(5)6)21(33)18(24(36)28-4)23(35)27(14,38)22(34)17(12)20(32)16(11)15(31)10-13/h8,10,12,14,17-19,31,38H,7,9H2,1-6H3,(H,28,36)(H,29,37). The van der Waals surface area contributed by atoms with Gasteiger partial charge in [0, 0.05) is 30.1 Å². The summed E-state index contributed by atoms with van der Waals surface area (Å²) >= 11 is 0. The van der Waals surface area contributed by atoms with E-state index in [-0.39, 0.29) is 30.0 Å². The molecule has 0 radical (unpaired) electrons. The molecule has 0 spiro atoms. The van der Waals surface area contributed by atoms with Gasteiger partial charge in [-0.2, -0.15) is 0 Å². The second kappa shape index (κ2) is 9.09. The maximum Gasteiger partial charge on any atom is 0.238 e. The van der Waals surface area contributed by atoms with E-state index in [2.05, 4.69) is 10.6 Å². The van der Waals surface area contributed by atoms with E-state index >= 15 is 0 Å². The largest absolute Gasteiger partial charge is 0.507 e. The van der Waals surface area contributed by atoms with Crippen molar-refractivity contribution in [1.29, 1.82) is 0 Å². The van der Waals surface area contributed by atoms with E-state index in [1.54, 1.807) is 40.9 Å². The number of hydrogen-bond donors (Lipinski definition) is 4.